The van der Waals surface area contributed by atoms with Crippen LogP contribution in [0.15, 0.2) is 30.3 Å². The Kier molecular flexibility index (Phi) is 6.72. The highest BCUT2D eigenvalue weighted by Gasteiger charge is 2.34. The number of carbonyl (C=O) groups excluding carboxylic acids is 1. The number of aliphatic carboxylic acids is 1. The molecule has 0 aliphatic heterocycles. The van der Waals surface area contributed by atoms with Gasteiger partial charge in [-0.1, -0.05) is 32.0 Å². The molecular weight excluding hydrogens is 270 g/mol. The number of ether oxygens (including phenoxy) is 1. The largest absolute Gasteiger partial charge is 0.493 e. The van der Waals surface area contributed by atoms with Gasteiger partial charge in [0.15, 0.2) is 0 Å². The van der Waals surface area contributed by atoms with Gasteiger partial charge in [-0.2, -0.15) is 0 Å². The van der Waals surface area contributed by atoms with E-state index >= 15 is 0 Å². The van der Waals surface area contributed by atoms with E-state index in [0.29, 0.717) is 18.6 Å². The first-order valence-corrected chi connectivity index (χ1v) is 7.22. The number of carboxylic acids is 1. The van der Waals surface area contributed by atoms with Crippen LogP contribution < -0.4 is 10.1 Å². The summed E-state index contributed by atoms with van der Waals surface area (Å²) >= 11 is 0. The third-order valence-corrected chi connectivity index (χ3v) is 3.77. The van der Waals surface area contributed by atoms with E-state index in [4.69, 9.17) is 4.74 Å². The molecule has 0 unspecified atom stereocenters. The molecule has 0 bridgehead atoms. The minimum Gasteiger partial charge on any atom is -0.493 e. The van der Waals surface area contributed by atoms with Crippen molar-refractivity contribution in [3.63, 3.8) is 0 Å². The summed E-state index contributed by atoms with van der Waals surface area (Å²) in [5.74, 6) is -0.348. The van der Waals surface area contributed by atoms with Gasteiger partial charge in [0.1, 0.15) is 5.75 Å². The van der Waals surface area contributed by atoms with Crippen LogP contribution in [-0.4, -0.2) is 30.1 Å². The molecule has 0 aliphatic carbocycles. The van der Waals surface area contributed by atoms with Crippen LogP contribution in [0.2, 0.25) is 0 Å². The predicted octanol–water partition coefficient (Wildman–Crippen LogP) is 2.46. The Labute approximate surface area is 125 Å². The van der Waals surface area contributed by atoms with Crippen LogP contribution in [-0.2, 0) is 9.59 Å². The number of amides is 1. The molecule has 5 nitrogen and oxygen atoms in total. The van der Waals surface area contributed by atoms with Gasteiger partial charge in [-0.15, -0.1) is 0 Å². The Balaban J connectivity index is 2.35. The molecule has 0 fully saturated rings. The molecule has 5 heteroatoms. The number of rotatable bonds is 9. The van der Waals surface area contributed by atoms with E-state index in [1.807, 2.05) is 44.2 Å². The second-order valence-electron chi connectivity index (χ2n) is 4.98. The lowest BCUT2D eigenvalue weighted by atomic mass is 9.82. The third kappa shape index (κ3) is 5.10. The van der Waals surface area contributed by atoms with Crippen molar-refractivity contribution in [1.29, 1.82) is 0 Å². The number of carboxylic acid groups (broad SMARTS) is 1. The Hall–Kier alpha value is -2.04. The van der Waals surface area contributed by atoms with Gasteiger partial charge in [0.25, 0.3) is 0 Å². The maximum Gasteiger partial charge on any atom is 0.311 e. The van der Waals surface area contributed by atoms with Gasteiger partial charge >= 0.3 is 5.97 Å². The maximum absolute atomic E-state index is 11.8. The number of hydrogen-bond donors (Lipinski definition) is 2. The van der Waals surface area contributed by atoms with Crippen molar-refractivity contribution in [3.05, 3.63) is 30.3 Å². The number of para-hydroxylation sites is 1. The summed E-state index contributed by atoms with van der Waals surface area (Å²) in [6.07, 6.45) is 1.18. The third-order valence-electron chi connectivity index (χ3n) is 3.77. The molecule has 0 saturated carbocycles. The summed E-state index contributed by atoms with van der Waals surface area (Å²) in [5, 5.41) is 12.0. The smallest absolute Gasteiger partial charge is 0.311 e. The van der Waals surface area contributed by atoms with Crippen LogP contribution in [0.4, 0.5) is 0 Å². The van der Waals surface area contributed by atoms with Crippen molar-refractivity contribution in [3.8, 4) is 5.75 Å². The van der Waals surface area contributed by atoms with Crippen LogP contribution in [0, 0.1) is 5.41 Å². The van der Waals surface area contributed by atoms with Gasteiger partial charge in [0.2, 0.25) is 5.91 Å². The Morgan fingerprint density at radius 2 is 1.81 bits per heavy atom. The average Bonchev–Trinajstić information content (AvgIpc) is 2.49. The number of carbonyl (C=O) groups is 2. The van der Waals surface area contributed by atoms with E-state index < -0.39 is 11.4 Å². The summed E-state index contributed by atoms with van der Waals surface area (Å²) < 4.78 is 5.43. The second-order valence-corrected chi connectivity index (χ2v) is 4.98. The molecule has 21 heavy (non-hydrogen) atoms. The molecule has 0 atom stereocenters. The molecule has 0 aliphatic rings. The van der Waals surface area contributed by atoms with Gasteiger partial charge in [0.05, 0.1) is 18.4 Å². The number of nitrogens with one attached hydrogen (secondary N) is 1. The first-order valence-electron chi connectivity index (χ1n) is 7.22. The predicted molar refractivity (Wildman–Crippen MR) is 80.2 cm³/mol. The molecule has 1 amide bonds. The number of hydrogen-bond acceptors (Lipinski definition) is 3. The minimum absolute atomic E-state index is 0.152. The Morgan fingerprint density at radius 1 is 1.19 bits per heavy atom. The zero-order chi connectivity index (χ0) is 15.7. The highest BCUT2D eigenvalue weighted by molar-refractivity contribution is 5.79. The second kappa shape index (κ2) is 8.29. The number of benzene rings is 1. The lowest BCUT2D eigenvalue weighted by Gasteiger charge is -2.26. The van der Waals surface area contributed by atoms with E-state index in [1.165, 1.54) is 0 Å². The fraction of sp³-hybridized carbons (Fsp3) is 0.500. The van der Waals surface area contributed by atoms with Gasteiger partial charge < -0.3 is 15.2 Å². The standard InChI is InChI=1S/C16H23NO4/c1-3-16(4-2,15(19)20)12-17-14(18)10-11-21-13-8-6-5-7-9-13/h5-9H,3-4,10-12H2,1-2H3,(H,17,18)(H,19,20). The van der Waals surface area contributed by atoms with Crippen molar-refractivity contribution in [2.45, 2.75) is 33.1 Å². The van der Waals surface area contributed by atoms with E-state index in [1.54, 1.807) is 0 Å². The van der Waals surface area contributed by atoms with Crippen molar-refractivity contribution in [2.24, 2.45) is 5.41 Å². The van der Waals surface area contributed by atoms with Gasteiger partial charge in [-0.3, -0.25) is 9.59 Å². The van der Waals surface area contributed by atoms with Crippen LogP contribution >= 0.6 is 0 Å². The summed E-state index contributed by atoms with van der Waals surface area (Å²) in [5.41, 5.74) is -0.879. The average molecular weight is 293 g/mol. The summed E-state index contributed by atoms with van der Waals surface area (Å²) in [6.45, 7) is 4.07. The van der Waals surface area contributed by atoms with Gasteiger partial charge in [-0.05, 0) is 25.0 Å². The molecule has 0 saturated heterocycles. The molecule has 0 radical (unpaired) electrons. The van der Waals surface area contributed by atoms with Gasteiger partial charge in [-0.25, -0.2) is 0 Å². The topological polar surface area (TPSA) is 75.6 Å². The highest BCUT2D eigenvalue weighted by Crippen LogP contribution is 2.25. The lowest BCUT2D eigenvalue weighted by molar-refractivity contribution is -0.149. The quantitative estimate of drug-likeness (QED) is 0.733. The van der Waals surface area contributed by atoms with Crippen molar-refractivity contribution < 1.29 is 19.4 Å². The lowest BCUT2D eigenvalue weighted by Crippen LogP contribution is -2.42. The van der Waals surface area contributed by atoms with Crippen molar-refractivity contribution >= 4 is 11.9 Å². The van der Waals surface area contributed by atoms with Crippen molar-refractivity contribution in [1.82, 2.24) is 5.32 Å². The summed E-state index contributed by atoms with van der Waals surface area (Å²) in [6, 6.07) is 9.25. The van der Waals surface area contributed by atoms with E-state index in [-0.39, 0.29) is 25.5 Å². The molecule has 1 aromatic rings. The molecule has 0 aromatic heterocycles. The zero-order valence-electron chi connectivity index (χ0n) is 12.6. The zero-order valence-corrected chi connectivity index (χ0v) is 12.6. The molecule has 2 N–H and O–H groups in total. The van der Waals surface area contributed by atoms with Gasteiger partial charge in [0, 0.05) is 6.54 Å². The molecule has 1 rings (SSSR count). The monoisotopic (exact) mass is 293 g/mol. The van der Waals surface area contributed by atoms with Crippen LogP contribution in [0.25, 0.3) is 0 Å². The van der Waals surface area contributed by atoms with Crippen LogP contribution in [0.3, 0.4) is 0 Å². The molecule has 0 spiro atoms. The normalized spacial score (nSPS) is 11.0. The SMILES string of the molecule is CCC(CC)(CNC(=O)CCOc1ccccc1)C(=O)O. The fourth-order valence-corrected chi connectivity index (χ4v) is 2.01. The molecule has 1 aromatic carbocycles. The molecular formula is C16H23NO4. The Bertz CT molecular complexity index is 455. The van der Waals surface area contributed by atoms with E-state index in [0.717, 1.165) is 0 Å². The minimum atomic E-state index is -0.879. The molecule has 116 valence electrons. The van der Waals surface area contributed by atoms with E-state index in [2.05, 4.69) is 5.32 Å². The van der Waals surface area contributed by atoms with Crippen LogP contribution in [0.5, 0.6) is 5.75 Å². The first kappa shape index (κ1) is 17.0. The summed E-state index contributed by atoms with van der Waals surface area (Å²) in [7, 11) is 0. The fourth-order valence-electron chi connectivity index (χ4n) is 2.01. The molecule has 0 heterocycles. The highest BCUT2D eigenvalue weighted by atomic mass is 16.5. The van der Waals surface area contributed by atoms with Crippen molar-refractivity contribution in [2.75, 3.05) is 13.2 Å². The Morgan fingerprint density at radius 3 is 2.33 bits per heavy atom. The maximum atomic E-state index is 11.8. The van der Waals surface area contributed by atoms with E-state index in [9.17, 15) is 14.7 Å². The van der Waals surface area contributed by atoms with Crippen LogP contribution in [0.1, 0.15) is 33.1 Å². The first-order chi connectivity index (χ1) is 10.0. The summed E-state index contributed by atoms with van der Waals surface area (Å²) in [4.78, 5) is 23.1.